The molecular weight excluding hydrogens is 379 g/mol. The van der Waals surface area contributed by atoms with Crippen LogP contribution in [0.2, 0.25) is 0 Å². The summed E-state index contributed by atoms with van der Waals surface area (Å²) < 4.78 is 67.1. The molecule has 1 aromatic heterocycles. The van der Waals surface area contributed by atoms with Crippen LogP contribution in [0, 0.1) is 0 Å². The molecule has 0 fully saturated rings. The monoisotopic (exact) mass is 398 g/mol. The van der Waals surface area contributed by atoms with Crippen LogP contribution in [-0.4, -0.2) is 30.2 Å². The number of benzene rings is 2. The minimum absolute atomic E-state index is 0.0279. The molecule has 3 nitrogen and oxygen atoms in total. The molecule has 0 saturated heterocycles. The van der Waals surface area contributed by atoms with Crippen LogP contribution < -0.4 is 10.1 Å². The SMILES string of the molecule is FC(F)(F)C(F)(F)COc1cccc(CNCCc2c[nH]c3ccccc23)c1. The molecule has 1 heterocycles. The Morgan fingerprint density at radius 3 is 2.54 bits per heavy atom. The fourth-order valence-electron chi connectivity index (χ4n) is 2.80. The smallest absolute Gasteiger partial charge is 0.456 e. The van der Waals surface area contributed by atoms with E-state index in [4.69, 9.17) is 0 Å². The first-order valence-electron chi connectivity index (χ1n) is 8.68. The number of fused-ring (bicyclic) bond motifs is 1. The maximum Gasteiger partial charge on any atom is 0.456 e. The van der Waals surface area contributed by atoms with E-state index in [0.29, 0.717) is 13.1 Å². The average molecular weight is 398 g/mol. The van der Waals surface area contributed by atoms with E-state index in [2.05, 4.69) is 15.0 Å². The van der Waals surface area contributed by atoms with Crippen LogP contribution in [0.25, 0.3) is 10.9 Å². The van der Waals surface area contributed by atoms with Crippen molar-refractivity contribution >= 4 is 10.9 Å². The Morgan fingerprint density at radius 1 is 0.964 bits per heavy atom. The van der Waals surface area contributed by atoms with Gasteiger partial charge in [0.1, 0.15) is 5.75 Å². The lowest BCUT2D eigenvalue weighted by Gasteiger charge is -2.20. The maximum absolute atomic E-state index is 12.9. The number of alkyl halides is 5. The van der Waals surface area contributed by atoms with Crippen molar-refractivity contribution in [1.82, 2.24) is 10.3 Å². The van der Waals surface area contributed by atoms with Crippen molar-refractivity contribution in [2.24, 2.45) is 0 Å². The van der Waals surface area contributed by atoms with Gasteiger partial charge >= 0.3 is 12.1 Å². The third-order valence-corrected chi connectivity index (χ3v) is 4.31. The Bertz CT molecular complexity index is 920. The summed E-state index contributed by atoms with van der Waals surface area (Å²) >= 11 is 0. The molecule has 0 aliphatic carbocycles. The van der Waals surface area contributed by atoms with Crippen LogP contribution >= 0.6 is 0 Å². The minimum atomic E-state index is -5.63. The fourth-order valence-corrected chi connectivity index (χ4v) is 2.80. The van der Waals surface area contributed by atoms with Crippen molar-refractivity contribution < 1.29 is 26.7 Å². The van der Waals surface area contributed by atoms with Gasteiger partial charge in [0, 0.05) is 23.6 Å². The third-order valence-electron chi connectivity index (χ3n) is 4.31. The molecule has 0 atom stereocenters. The lowest BCUT2D eigenvalue weighted by Crippen LogP contribution is -2.41. The van der Waals surface area contributed by atoms with Crippen LogP contribution in [0.1, 0.15) is 11.1 Å². The predicted octanol–water partition coefficient (Wildman–Crippen LogP) is 5.08. The highest BCUT2D eigenvalue weighted by molar-refractivity contribution is 5.83. The molecule has 150 valence electrons. The van der Waals surface area contributed by atoms with Crippen LogP contribution in [0.3, 0.4) is 0 Å². The van der Waals surface area contributed by atoms with Crippen LogP contribution in [0.4, 0.5) is 22.0 Å². The summed E-state index contributed by atoms with van der Waals surface area (Å²) in [5.74, 6) is -4.92. The largest absolute Gasteiger partial charge is 0.487 e. The summed E-state index contributed by atoms with van der Waals surface area (Å²) in [5, 5.41) is 4.39. The Morgan fingerprint density at radius 2 is 1.75 bits per heavy atom. The van der Waals surface area contributed by atoms with Gasteiger partial charge in [-0.15, -0.1) is 0 Å². The van der Waals surface area contributed by atoms with Gasteiger partial charge in [-0.25, -0.2) is 0 Å². The number of aromatic amines is 1. The Balaban J connectivity index is 1.49. The molecule has 0 bridgehead atoms. The van der Waals surface area contributed by atoms with Gasteiger partial charge in [-0.1, -0.05) is 30.3 Å². The zero-order valence-corrected chi connectivity index (χ0v) is 14.8. The molecule has 0 unspecified atom stereocenters. The highest BCUT2D eigenvalue weighted by atomic mass is 19.4. The molecule has 0 saturated carbocycles. The van der Waals surface area contributed by atoms with E-state index in [1.807, 2.05) is 30.5 Å². The predicted molar refractivity (Wildman–Crippen MR) is 96.6 cm³/mol. The lowest BCUT2D eigenvalue weighted by atomic mass is 10.1. The number of hydrogen-bond donors (Lipinski definition) is 2. The van der Waals surface area contributed by atoms with Crippen molar-refractivity contribution in [2.45, 2.75) is 25.1 Å². The van der Waals surface area contributed by atoms with Crippen LogP contribution in [-0.2, 0) is 13.0 Å². The van der Waals surface area contributed by atoms with Gasteiger partial charge in [-0.2, -0.15) is 22.0 Å². The van der Waals surface area contributed by atoms with Gasteiger partial charge in [0.25, 0.3) is 0 Å². The van der Waals surface area contributed by atoms with Gasteiger partial charge in [0.05, 0.1) is 0 Å². The second kappa shape index (κ2) is 8.18. The molecule has 0 aliphatic rings. The van der Waals surface area contributed by atoms with Crippen molar-refractivity contribution in [3.05, 3.63) is 65.9 Å². The Kier molecular flexibility index (Phi) is 5.88. The summed E-state index contributed by atoms with van der Waals surface area (Å²) in [5.41, 5.74) is 2.97. The summed E-state index contributed by atoms with van der Waals surface area (Å²) in [6.07, 6.45) is -2.88. The second-order valence-corrected chi connectivity index (χ2v) is 6.42. The van der Waals surface area contributed by atoms with E-state index in [1.54, 1.807) is 12.1 Å². The molecule has 3 aromatic rings. The van der Waals surface area contributed by atoms with E-state index in [9.17, 15) is 22.0 Å². The lowest BCUT2D eigenvalue weighted by molar-refractivity contribution is -0.290. The van der Waals surface area contributed by atoms with Gasteiger partial charge in [-0.3, -0.25) is 0 Å². The van der Waals surface area contributed by atoms with E-state index in [0.717, 1.165) is 22.9 Å². The summed E-state index contributed by atoms with van der Waals surface area (Å²) in [4.78, 5) is 3.21. The highest BCUT2D eigenvalue weighted by Gasteiger charge is 2.58. The van der Waals surface area contributed by atoms with Crippen LogP contribution in [0.15, 0.2) is 54.7 Å². The van der Waals surface area contributed by atoms with Crippen molar-refractivity contribution in [2.75, 3.05) is 13.2 Å². The van der Waals surface area contributed by atoms with E-state index in [1.165, 1.54) is 17.7 Å². The van der Waals surface area contributed by atoms with Gasteiger partial charge in [0.15, 0.2) is 6.61 Å². The minimum Gasteiger partial charge on any atom is -0.487 e. The first-order chi connectivity index (χ1) is 13.3. The Hall–Kier alpha value is -2.61. The molecule has 3 rings (SSSR count). The molecule has 2 aromatic carbocycles. The van der Waals surface area contributed by atoms with Gasteiger partial charge in [0.2, 0.25) is 0 Å². The number of para-hydroxylation sites is 1. The topological polar surface area (TPSA) is 37.0 Å². The van der Waals surface area contributed by atoms with Crippen molar-refractivity contribution in [3.8, 4) is 5.75 Å². The molecule has 0 amide bonds. The average Bonchev–Trinajstić information content (AvgIpc) is 3.06. The van der Waals surface area contributed by atoms with Crippen molar-refractivity contribution in [1.29, 1.82) is 0 Å². The molecule has 8 heteroatoms. The number of aromatic nitrogens is 1. The highest BCUT2D eigenvalue weighted by Crippen LogP contribution is 2.35. The molecular formula is C20H19F5N2O. The van der Waals surface area contributed by atoms with E-state index in [-0.39, 0.29) is 5.75 Å². The zero-order valence-electron chi connectivity index (χ0n) is 14.8. The quantitative estimate of drug-likeness (QED) is 0.410. The summed E-state index contributed by atoms with van der Waals surface area (Å²) in [6, 6.07) is 14.1. The maximum atomic E-state index is 12.9. The number of ether oxygens (including phenoxy) is 1. The third kappa shape index (κ3) is 4.81. The zero-order chi connectivity index (χ0) is 20.2. The number of nitrogens with one attached hydrogen (secondary N) is 2. The molecule has 0 aliphatic heterocycles. The molecule has 28 heavy (non-hydrogen) atoms. The second-order valence-electron chi connectivity index (χ2n) is 6.42. The normalized spacial score (nSPS) is 12.5. The van der Waals surface area contributed by atoms with Crippen LogP contribution in [0.5, 0.6) is 5.75 Å². The number of rotatable bonds is 8. The first-order valence-corrected chi connectivity index (χ1v) is 8.68. The van der Waals surface area contributed by atoms with Gasteiger partial charge in [-0.05, 0) is 42.3 Å². The number of H-pyrrole nitrogens is 1. The molecule has 2 N–H and O–H groups in total. The number of halogens is 5. The molecule has 0 spiro atoms. The fraction of sp³-hybridized carbons (Fsp3) is 0.300. The first kappa shape index (κ1) is 20.1. The molecule has 0 radical (unpaired) electrons. The van der Waals surface area contributed by atoms with Gasteiger partial charge < -0.3 is 15.0 Å². The standard InChI is InChI=1S/C20H19F5N2O/c21-19(22,20(23,24)25)13-28-16-5-3-4-14(10-16)11-26-9-8-15-12-27-18-7-2-1-6-17(15)18/h1-7,10,12,26-27H,8-9,11,13H2. The summed E-state index contributed by atoms with van der Waals surface area (Å²) in [7, 11) is 0. The van der Waals surface area contributed by atoms with Crippen molar-refractivity contribution in [3.63, 3.8) is 0 Å². The number of hydrogen-bond acceptors (Lipinski definition) is 2. The summed E-state index contributed by atoms with van der Waals surface area (Å²) in [6.45, 7) is -0.623. The Labute approximate surface area is 158 Å². The van der Waals surface area contributed by atoms with E-state index < -0.39 is 18.7 Å². The van der Waals surface area contributed by atoms with E-state index >= 15 is 0 Å².